The Morgan fingerprint density at radius 2 is 1.67 bits per heavy atom. The SMILES string of the molecule is CC(=O)c1ccccc1C(=O)[O-]. The topological polar surface area (TPSA) is 57.2 Å². The summed E-state index contributed by atoms with van der Waals surface area (Å²) in [6.45, 7) is 1.32. The van der Waals surface area contributed by atoms with Gasteiger partial charge in [0, 0.05) is 11.1 Å². The molecule has 0 aliphatic carbocycles. The van der Waals surface area contributed by atoms with Crippen LogP contribution in [0.5, 0.6) is 0 Å². The van der Waals surface area contributed by atoms with E-state index in [9.17, 15) is 14.7 Å². The van der Waals surface area contributed by atoms with Gasteiger partial charge in [-0.15, -0.1) is 0 Å². The monoisotopic (exact) mass is 163 g/mol. The summed E-state index contributed by atoms with van der Waals surface area (Å²) < 4.78 is 0. The van der Waals surface area contributed by atoms with Gasteiger partial charge in [-0.05, 0) is 6.92 Å². The molecule has 1 rings (SSSR count). The summed E-state index contributed by atoms with van der Waals surface area (Å²) in [6, 6.07) is 5.99. The predicted molar refractivity (Wildman–Crippen MR) is 40.8 cm³/mol. The van der Waals surface area contributed by atoms with Crippen molar-refractivity contribution in [2.24, 2.45) is 0 Å². The number of carboxylic acids is 1. The van der Waals surface area contributed by atoms with Crippen LogP contribution in [0.25, 0.3) is 0 Å². The molecule has 0 unspecified atom stereocenters. The van der Waals surface area contributed by atoms with Crippen LogP contribution >= 0.6 is 0 Å². The number of hydrogen-bond donors (Lipinski definition) is 0. The van der Waals surface area contributed by atoms with Crippen LogP contribution in [0, 0.1) is 0 Å². The normalized spacial score (nSPS) is 9.42. The van der Waals surface area contributed by atoms with E-state index in [2.05, 4.69) is 0 Å². The maximum Gasteiger partial charge on any atom is 0.160 e. The summed E-state index contributed by atoms with van der Waals surface area (Å²) in [5, 5.41) is 10.5. The number of Topliss-reactive ketones (excluding diaryl/α,β-unsaturated/α-hetero) is 1. The van der Waals surface area contributed by atoms with Gasteiger partial charge in [0.1, 0.15) is 0 Å². The van der Waals surface area contributed by atoms with Crippen molar-refractivity contribution in [3.8, 4) is 0 Å². The van der Waals surface area contributed by atoms with E-state index in [0.29, 0.717) is 0 Å². The molecule has 1 aromatic carbocycles. The minimum atomic E-state index is -1.32. The van der Waals surface area contributed by atoms with Crippen molar-refractivity contribution in [2.75, 3.05) is 0 Å². The average Bonchev–Trinajstić information content (AvgIpc) is 2.04. The lowest BCUT2D eigenvalue weighted by Crippen LogP contribution is -2.24. The second-order valence-electron chi connectivity index (χ2n) is 2.39. The Labute approximate surface area is 69.6 Å². The molecule has 12 heavy (non-hydrogen) atoms. The van der Waals surface area contributed by atoms with Gasteiger partial charge in [-0.25, -0.2) is 0 Å². The highest BCUT2D eigenvalue weighted by molar-refractivity contribution is 6.04. The van der Waals surface area contributed by atoms with Crippen LogP contribution in [0.1, 0.15) is 27.6 Å². The van der Waals surface area contributed by atoms with E-state index in [1.807, 2.05) is 0 Å². The number of rotatable bonds is 2. The molecule has 0 heterocycles. The van der Waals surface area contributed by atoms with Gasteiger partial charge in [-0.1, -0.05) is 24.3 Å². The van der Waals surface area contributed by atoms with E-state index in [-0.39, 0.29) is 16.9 Å². The molecule has 0 aromatic heterocycles. The van der Waals surface area contributed by atoms with E-state index < -0.39 is 5.97 Å². The Kier molecular flexibility index (Phi) is 2.24. The Balaban J connectivity index is 3.27. The maximum atomic E-state index is 10.9. The molecular weight excluding hydrogens is 156 g/mol. The fourth-order valence-corrected chi connectivity index (χ4v) is 0.968. The van der Waals surface area contributed by atoms with Crippen molar-refractivity contribution >= 4 is 11.8 Å². The molecule has 1 aromatic rings. The second-order valence-corrected chi connectivity index (χ2v) is 2.39. The highest BCUT2D eigenvalue weighted by atomic mass is 16.4. The molecule has 0 aliphatic rings. The molecule has 0 spiro atoms. The minimum absolute atomic E-state index is 0.0509. The predicted octanol–water partition coefficient (Wildman–Crippen LogP) is 0.253. The van der Waals surface area contributed by atoms with Gasteiger partial charge in [0.05, 0.1) is 5.97 Å². The molecule has 0 atom stereocenters. The molecule has 3 nitrogen and oxygen atoms in total. The number of carboxylic acid groups (broad SMARTS) is 1. The van der Waals surface area contributed by atoms with Crippen LogP contribution in [0.3, 0.4) is 0 Å². The van der Waals surface area contributed by atoms with Crippen LogP contribution in [-0.4, -0.2) is 11.8 Å². The molecule has 0 saturated carbocycles. The van der Waals surface area contributed by atoms with Gasteiger partial charge in [0.2, 0.25) is 0 Å². The number of carbonyl (C=O) groups is 2. The van der Waals surface area contributed by atoms with E-state index in [1.54, 1.807) is 12.1 Å². The lowest BCUT2D eigenvalue weighted by Gasteiger charge is -2.05. The van der Waals surface area contributed by atoms with Crippen LogP contribution in [0.15, 0.2) is 24.3 Å². The molecule has 62 valence electrons. The van der Waals surface area contributed by atoms with Gasteiger partial charge in [0.25, 0.3) is 0 Å². The molecule has 0 bridgehead atoms. The van der Waals surface area contributed by atoms with Gasteiger partial charge >= 0.3 is 0 Å². The molecule has 0 fully saturated rings. The van der Waals surface area contributed by atoms with Gasteiger partial charge in [-0.3, -0.25) is 4.79 Å². The smallest absolute Gasteiger partial charge is 0.160 e. The Bertz CT molecular complexity index is 295. The first-order valence-electron chi connectivity index (χ1n) is 3.44. The number of ketones is 1. The first-order chi connectivity index (χ1) is 5.63. The largest absolute Gasteiger partial charge is 0.545 e. The molecule has 0 radical (unpaired) electrons. The molecule has 0 N–H and O–H groups in total. The van der Waals surface area contributed by atoms with Crippen LogP contribution in [0.2, 0.25) is 0 Å². The lowest BCUT2D eigenvalue weighted by atomic mass is 10.1. The number of carbonyl (C=O) groups excluding carboxylic acids is 2. The van der Waals surface area contributed by atoms with Crippen LogP contribution in [0.4, 0.5) is 0 Å². The summed E-state index contributed by atoms with van der Waals surface area (Å²) >= 11 is 0. The summed E-state index contributed by atoms with van der Waals surface area (Å²) in [7, 11) is 0. The Morgan fingerprint density at radius 1 is 1.17 bits per heavy atom. The van der Waals surface area contributed by atoms with Crippen molar-refractivity contribution in [2.45, 2.75) is 6.92 Å². The standard InChI is InChI=1S/C9H8O3/c1-6(10)7-4-2-3-5-8(7)9(11)12/h2-5H,1H3,(H,11,12)/p-1. The average molecular weight is 163 g/mol. The summed E-state index contributed by atoms with van der Waals surface area (Å²) in [5.74, 6) is -1.59. The van der Waals surface area contributed by atoms with E-state index in [0.717, 1.165) is 0 Å². The van der Waals surface area contributed by atoms with Crippen molar-refractivity contribution in [1.82, 2.24) is 0 Å². The van der Waals surface area contributed by atoms with E-state index in [1.165, 1.54) is 19.1 Å². The summed E-state index contributed by atoms with van der Waals surface area (Å²) in [5.41, 5.74) is 0.141. The number of benzene rings is 1. The maximum absolute atomic E-state index is 10.9. The fourth-order valence-electron chi connectivity index (χ4n) is 0.968. The lowest BCUT2D eigenvalue weighted by molar-refractivity contribution is -0.255. The Morgan fingerprint density at radius 3 is 2.00 bits per heavy atom. The molecular formula is C9H7O3-. The molecule has 0 saturated heterocycles. The number of aromatic carboxylic acids is 1. The summed E-state index contributed by atoms with van der Waals surface area (Å²) in [6.07, 6.45) is 0. The van der Waals surface area contributed by atoms with Crippen molar-refractivity contribution in [3.05, 3.63) is 35.4 Å². The van der Waals surface area contributed by atoms with Crippen molar-refractivity contribution < 1.29 is 14.7 Å². The zero-order valence-electron chi connectivity index (χ0n) is 6.53. The summed E-state index contributed by atoms with van der Waals surface area (Å²) in [4.78, 5) is 21.3. The first kappa shape index (κ1) is 8.46. The number of hydrogen-bond acceptors (Lipinski definition) is 3. The zero-order valence-corrected chi connectivity index (χ0v) is 6.53. The van der Waals surface area contributed by atoms with Gasteiger partial charge < -0.3 is 9.90 Å². The third-order valence-corrected chi connectivity index (χ3v) is 1.53. The van der Waals surface area contributed by atoms with Crippen molar-refractivity contribution in [1.29, 1.82) is 0 Å². The third-order valence-electron chi connectivity index (χ3n) is 1.53. The Hall–Kier alpha value is -1.64. The molecule has 3 heteroatoms. The van der Waals surface area contributed by atoms with E-state index in [4.69, 9.17) is 0 Å². The van der Waals surface area contributed by atoms with E-state index >= 15 is 0 Å². The first-order valence-corrected chi connectivity index (χ1v) is 3.44. The molecule has 0 amide bonds. The quantitative estimate of drug-likeness (QED) is 0.587. The highest BCUT2D eigenvalue weighted by Gasteiger charge is 2.05. The highest BCUT2D eigenvalue weighted by Crippen LogP contribution is 2.07. The van der Waals surface area contributed by atoms with Gasteiger partial charge in [0.15, 0.2) is 5.78 Å². The second kappa shape index (κ2) is 3.17. The zero-order chi connectivity index (χ0) is 9.14. The van der Waals surface area contributed by atoms with Crippen molar-refractivity contribution in [3.63, 3.8) is 0 Å². The fraction of sp³-hybridized carbons (Fsp3) is 0.111. The minimum Gasteiger partial charge on any atom is -0.545 e. The van der Waals surface area contributed by atoms with Gasteiger partial charge in [-0.2, -0.15) is 0 Å². The third kappa shape index (κ3) is 1.50. The molecule has 0 aliphatic heterocycles. The van der Waals surface area contributed by atoms with Crippen LogP contribution < -0.4 is 5.11 Å². The van der Waals surface area contributed by atoms with Crippen LogP contribution in [-0.2, 0) is 0 Å².